The van der Waals surface area contributed by atoms with E-state index in [0.717, 1.165) is 19.3 Å². The first-order valence-electron chi connectivity index (χ1n) is 7.05. The predicted molar refractivity (Wildman–Crippen MR) is 73.1 cm³/mol. The minimum absolute atomic E-state index is 0.167. The van der Waals surface area contributed by atoms with Gasteiger partial charge in [-0.1, -0.05) is 25.1 Å². The second kappa shape index (κ2) is 6.23. The van der Waals surface area contributed by atoms with Gasteiger partial charge < -0.3 is 14.8 Å². The van der Waals surface area contributed by atoms with E-state index in [-0.39, 0.29) is 11.8 Å². The van der Waals surface area contributed by atoms with Gasteiger partial charge in [-0.3, -0.25) is 0 Å². The largest absolute Gasteiger partial charge is 0.573 e. The Morgan fingerprint density at radius 1 is 1.29 bits per heavy atom. The van der Waals surface area contributed by atoms with Crippen molar-refractivity contribution in [1.29, 1.82) is 0 Å². The number of rotatable bonds is 6. The van der Waals surface area contributed by atoms with Crippen LogP contribution in [-0.4, -0.2) is 25.6 Å². The molecule has 1 N–H and O–H groups in total. The molecule has 1 saturated carbocycles. The first-order chi connectivity index (χ1) is 9.92. The molecule has 0 heterocycles. The molecular weight excluding hydrogens is 283 g/mol. The zero-order chi connectivity index (χ0) is 15.5. The molecule has 0 bridgehead atoms. The van der Waals surface area contributed by atoms with E-state index in [1.54, 1.807) is 19.2 Å². The molecule has 0 aliphatic heterocycles. The number of likely N-dealkylation sites (N-methyl/N-ethyl adjacent to an activating group) is 1. The molecule has 0 radical (unpaired) electrons. The molecule has 1 atom stereocenters. The molecule has 0 amide bonds. The van der Waals surface area contributed by atoms with Gasteiger partial charge in [-0.25, -0.2) is 0 Å². The van der Waals surface area contributed by atoms with Gasteiger partial charge >= 0.3 is 6.36 Å². The average Bonchev–Trinajstić information content (AvgIpc) is 2.36. The first-order valence-corrected chi connectivity index (χ1v) is 7.05. The number of alkyl halides is 3. The van der Waals surface area contributed by atoms with E-state index in [4.69, 9.17) is 4.74 Å². The number of benzene rings is 1. The molecule has 118 valence electrons. The number of methoxy groups -OCH3 is 1. The molecule has 1 aromatic carbocycles. The number of halogens is 3. The lowest BCUT2D eigenvalue weighted by Crippen LogP contribution is -2.50. The van der Waals surface area contributed by atoms with Crippen LogP contribution in [0.5, 0.6) is 5.75 Å². The highest BCUT2D eigenvalue weighted by atomic mass is 19.4. The van der Waals surface area contributed by atoms with Crippen molar-refractivity contribution in [3.63, 3.8) is 0 Å². The Kier molecular flexibility index (Phi) is 4.78. The van der Waals surface area contributed by atoms with E-state index in [1.165, 1.54) is 12.1 Å². The van der Waals surface area contributed by atoms with Gasteiger partial charge in [0.05, 0.1) is 11.6 Å². The minimum atomic E-state index is -4.70. The van der Waals surface area contributed by atoms with E-state index in [0.29, 0.717) is 12.1 Å². The Balaban J connectivity index is 2.36. The maximum Gasteiger partial charge on any atom is 0.573 e. The summed E-state index contributed by atoms with van der Waals surface area (Å²) < 4.78 is 47.5. The zero-order valence-corrected chi connectivity index (χ0v) is 12.2. The molecule has 2 rings (SSSR count). The number of ether oxygens (including phenoxy) is 2. The molecule has 3 nitrogen and oxygen atoms in total. The smallest absolute Gasteiger partial charge is 0.405 e. The SMILES string of the molecule is CCNC(c1ccccc1OC(F)(F)F)C1(OC)CCC1. The highest BCUT2D eigenvalue weighted by Gasteiger charge is 2.46. The number of nitrogens with one attached hydrogen (secondary N) is 1. The highest BCUT2D eigenvalue weighted by Crippen LogP contribution is 2.47. The summed E-state index contributed by atoms with van der Waals surface area (Å²) in [5, 5.41) is 3.25. The third kappa shape index (κ3) is 3.49. The molecule has 0 aromatic heterocycles. The predicted octanol–water partition coefficient (Wildman–Crippen LogP) is 3.80. The molecule has 1 fully saturated rings. The van der Waals surface area contributed by atoms with E-state index >= 15 is 0 Å². The maximum absolute atomic E-state index is 12.6. The third-order valence-corrected chi connectivity index (χ3v) is 4.00. The van der Waals surface area contributed by atoms with Crippen molar-refractivity contribution >= 4 is 0 Å². The summed E-state index contributed by atoms with van der Waals surface area (Å²) in [6.45, 7) is 2.55. The van der Waals surface area contributed by atoms with E-state index in [2.05, 4.69) is 10.1 Å². The van der Waals surface area contributed by atoms with Crippen molar-refractivity contribution in [2.45, 2.75) is 44.2 Å². The van der Waals surface area contributed by atoms with Crippen LogP contribution in [0.15, 0.2) is 24.3 Å². The standard InChI is InChI=1S/C15H20F3NO2/c1-3-19-13(14(20-2)9-6-10-14)11-7-4-5-8-12(11)21-15(16,17)18/h4-5,7-8,13,19H,3,6,9-10H2,1-2H3. The Hall–Kier alpha value is -1.27. The molecule has 6 heteroatoms. The number of para-hydroxylation sites is 1. The molecule has 0 spiro atoms. The summed E-state index contributed by atoms with van der Waals surface area (Å²) in [4.78, 5) is 0. The second-order valence-electron chi connectivity index (χ2n) is 5.20. The normalized spacial score (nSPS) is 18.9. The van der Waals surface area contributed by atoms with Crippen molar-refractivity contribution in [3.8, 4) is 5.75 Å². The van der Waals surface area contributed by atoms with Crippen molar-refractivity contribution < 1.29 is 22.6 Å². The van der Waals surface area contributed by atoms with Crippen LogP contribution >= 0.6 is 0 Å². The lowest BCUT2D eigenvalue weighted by Gasteiger charge is -2.47. The van der Waals surface area contributed by atoms with Crippen molar-refractivity contribution in [3.05, 3.63) is 29.8 Å². The van der Waals surface area contributed by atoms with Crippen LogP contribution in [0.1, 0.15) is 37.8 Å². The summed E-state index contributed by atoms with van der Waals surface area (Å²) in [6.07, 6.45) is -2.05. The fourth-order valence-electron chi connectivity index (χ4n) is 2.86. The third-order valence-electron chi connectivity index (χ3n) is 4.00. The van der Waals surface area contributed by atoms with Crippen LogP contribution in [0.4, 0.5) is 13.2 Å². The van der Waals surface area contributed by atoms with E-state index in [1.807, 2.05) is 6.92 Å². The summed E-state index contributed by atoms with van der Waals surface area (Å²) >= 11 is 0. The van der Waals surface area contributed by atoms with Crippen LogP contribution in [0.2, 0.25) is 0 Å². The number of hydrogen-bond donors (Lipinski definition) is 1. The molecule has 0 saturated heterocycles. The fraction of sp³-hybridized carbons (Fsp3) is 0.600. The molecular formula is C15H20F3NO2. The monoisotopic (exact) mass is 303 g/mol. The summed E-state index contributed by atoms with van der Waals surface area (Å²) in [5.41, 5.74) is 0.0272. The molecule has 1 unspecified atom stereocenters. The van der Waals surface area contributed by atoms with Gasteiger partial charge in [0.2, 0.25) is 0 Å². The summed E-state index contributed by atoms with van der Waals surface area (Å²) in [7, 11) is 1.61. The number of hydrogen-bond acceptors (Lipinski definition) is 3. The second-order valence-corrected chi connectivity index (χ2v) is 5.20. The lowest BCUT2D eigenvalue weighted by molar-refractivity contribution is -0.275. The van der Waals surface area contributed by atoms with Gasteiger partial charge in [-0.2, -0.15) is 0 Å². The molecule has 1 aliphatic carbocycles. The molecule has 1 aromatic rings. The van der Waals surface area contributed by atoms with Crippen molar-refractivity contribution in [2.75, 3.05) is 13.7 Å². The van der Waals surface area contributed by atoms with Gasteiger partial charge in [0, 0.05) is 12.7 Å². The summed E-state index contributed by atoms with van der Waals surface area (Å²) in [5.74, 6) is -0.167. The van der Waals surface area contributed by atoms with Crippen LogP contribution in [0, 0.1) is 0 Å². The van der Waals surface area contributed by atoms with E-state index < -0.39 is 12.0 Å². The Labute approximate surface area is 122 Å². The van der Waals surface area contributed by atoms with Crippen LogP contribution in [0.25, 0.3) is 0 Å². The summed E-state index contributed by atoms with van der Waals surface area (Å²) in [6, 6.07) is 5.93. The van der Waals surface area contributed by atoms with Gasteiger partial charge in [-0.15, -0.1) is 13.2 Å². The topological polar surface area (TPSA) is 30.5 Å². The van der Waals surface area contributed by atoms with Crippen LogP contribution in [-0.2, 0) is 4.74 Å². The Morgan fingerprint density at radius 3 is 2.43 bits per heavy atom. The minimum Gasteiger partial charge on any atom is -0.405 e. The van der Waals surface area contributed by atoms with Crippen molar-refractivity contribution in [1.82, 2.24) is 5.32 Å². The van der Waals surface area contributed by atoms with Crippen LogP contribution < -0.4 is 10.1 Å². The Bertz CT molecular complexity index is 467. The van der Waals surface area contributed by atoms with Gasteiger partial charge in [0.25, 0.3) is 0 Å². The van der Waals surface area contributed by atoms with Crippen LogP contribution in [0.3, 0.4) is 0 Å². The highest BCUT2D eigenvalue weighted by molar-refractivity contribution is 5.38. The lowest BCUT2D eigenvalue weighted by atomic mass is 9.72. The average molecular weight is 303 g/mol. The van der Waals surface area contributed by atoms with Gasteiger partial charge in [-0.05, 0) is 31.9 Å². The molecule has 1 aliphatic rings. The maximum atomic E-state index is 12.6. The zero-order valence-electron chi connectivity index (χ0n) is 12.2. The quantitative estimate of drug-likeness (QED) is 0.867. The van der Waals surface area contributed by atoms with Gasteiger partial charge in [0.1, 0.15) is 5.75 Å². The van der Waals surface area contributed by atoms with Gasteiger partial charge in [0.15, 0.2) is 0 Å². The van der Waals surface area contributed by atoms with E-state index in [9.17, 15) is 13.2 Å². The van der Waals surface area contributed by atoms with Crippen molar-refractivity contribution in [2.24, 2.45) is 0 Å². The fourth-order valence-corrected chi connectivity index (χ4v) is 2.86. The first kappa shape index (κ1) is 16.1. The Morgan fingerprint density at radius 2 is 1.95 bits per heavy atom. The molecule has 21 heavy (non-hydrogen) atoms.